The van der Waals surface area contributed by atoms with Gasteiger partial charge in [-0.2, -0.15) is 0 Å². The number of carbonyl (C=O) groups is 1. The summed E-state index contributed by atoms with van der Waals surface area (Å²) in [5, 5.41) is 3.16. The van der Waals surface area contributed by atoms with Crippen molar-refractivity contribution in [3.05, 3.63) is 0 Å². The third kappa shape index (κ3) is 3.53. The molecule has 0 radical (unpaired) electrons. The average Bonchev–Trinajstić information content (AvgIpc) is 3.29. The van der Waals surface area contributed by atoms with Crippen LogP contribution in [0.15, 0.2) is 0 Å². The molecule has 1 amide bonds. The van der Waals surface area contributed by atoms with Gasteiger partial charge in [-0.1, -0.05) is 6.92 Å². The zero-order valence-corrected chi connectivity index (χ0v) is 13.3. The van der Waals surface area contributed by atoms with Crippen molar-refractivity contribution in [1.82, 2.24) is 10.2 Å². The maximum atomic E-state index is 12.6. The molecule has 2 aliphatic carbocycles. The van der Waals surface area contributed by atoms with Crippen LogP contribution in [0.1, 0.15) is 52.4 Å². The highest BCUT2D eigenvalue weighted by Crippen LogP contribution is 2.38. The Morgan fingerprint density at radius 1 is 1.35 bits per heavy atom. The molecule has 2 saturated carbocycles. The van der Waals surface area contributed by atoms with E-state index in [0.29, 0.717) is 12.6 Å². The standard InChI is InChI=1S/C16H31N3O/c1-12-6-8-16(11-17,9-7-12)15(20)18-10-13(2)19(3)14-4-5-14/h12-14H,4-11,17H2,1-3H3,(H,18,20). The summed E-state index contributed by atoms with van der Waals surface area (Å²) in [7, 11) is 2.16. The predicted octanol–water partition coefficient (Wildman–Crippen LogP) is 1.74. The first-order chi connectivity index (χ1) is 9.48. The molecule has 1 unspecified atom stereocenters. The van der Waals surface area contributed by atoms with Crippen LogP contribution in [0.4, 0.5) is 0 Å². The Labute approximate surface area is 123 Å². The molecule has 0 spiro atoms. The number of carbonyl (C=O) groups excluding carboxylic acids is 1. The number of hydrogen-bond acceptors (Lipinski definition) is 3. The zero-order chi connectivity index (χ0) is 14.8. The lowest BCUT2D eigenvalue weighted by Crippen LogP contribution is -2.51. The van der Waals surface area contributed by atoms with Crippen molar-refractivity contribution in [2.75, 3.05) is 20.1 Å². The van der Waals surface area contributed by atoms with E-state index in [9.17, 15) is 4.79 Å². The van der Waals surface area contributed by atoms with Crippen molar-refractivity contribution >= 4 is 5.91 Å². The van der Waals surface area contributed by atoms with Crippen LogP contribution in [0.5, 0.6) is 0 Å². The minimum absolute atomic E-state index is 0.183. The van der Waals surface area contributed by atoms with Gasteiger partial charge in [-0.25, -0.2) is 0 Å². The number of nitrogens with two attached hydrogens (primary N) is 1. The molecule has 0 aliphatic heterocycles. The molecule has 1 atom stereocenters. The van der Waals surface area contributed by atoms with Crippen molar-refractivity contribution in [2.45, 2.75) is 64.5 Å². The van der Waals surface area contributed by atoms with Gasteiger partial charge in [-0.05, 0) is 58.4 Å². The van der Waals surface area contributed by atoms with E-state index in [2.05, 4.69) is 31.1 Å². The second kappa shape index (κ2) is 6.44. The van der Waals surface area contributed by atoms with Gasteiger partial charge in [0.2, 0.25) is 5.91 Å². The van der Waals surface area contributed by atoms with E-state index in [0.717, 1.165) is 44.2 Å². The van der Waals surface area contributed by atoms with Gasteiger partial charge in [-0.15, -0.1) is 0 Å². The SMILES string of the molecule is CC1CCC(CN)(C(=O)NCC(C)N(C)C2CC2)CC1. The van der Waals surface area contributed by atoms with Crippen LogP contribution in [0, 0.1) is 11.3 Å². The van der Waals surface area contributed by atoms with Gasteiger partial charge in [0.15, 0.2) is 0 Å². The van der Waals surface area contributed by atoms with Crippen molar-refractivity contribution in [3.63, 3.8) is 0 Å². The van der Waals surface area contributed by atoms with E-state index in [1.54, 1.807) is 0 Å². The fourth-order valence-corrected chi connectivity index (χ4v) is 3.25. The zero-order valence-electron chi connectivity index (χ0n) is 13.3. The largest absolute Gasteiger partial charge is 0.354 e. The highest BCUT2D eigenvalue weighted by molar-refractivity contribution is 5.83. The van der Waals surface area contributed by atoms with E-state index in [-0.39, 0.29) is 11.3 Å². The summed E-state index contributed by atoms with van der Waals surface area (Å²) in [6, 6.07) is 1.14. The fraction of sp³-hybridized carbons (Fsp3) is 0.938. The second-order valence-electron chi connectivity index (χ2n) is 7.12. The fourth-order valence-electron chi connectivity index (χ4n) is 3.25. The molecule has 116 valence electrons. The first kappa shape index (κ1) is 15.8. The maximum Gasteiger partial charge on any atom is 0.227 e. The smallest absolute Gasteiger partial charge is 0.227 e. The molecule has 3 N–H and O–H groups in total. The number of amides is 1. The predicted molar refractivity (Wildman–Crippen MR) is 82.4 cm³/mol. The summed E-state index contributed by atoms with van der Waals surface area (Å²) in [5.74, 6) is 0.922. The normalized spacial score (nSPS) is 32.1. The molecule has 2 aliphatic rings. The molecule has 4 nitrogen and oxygen atoms in total. The van der Waals surface area contributed by atoms with Crippen molar-refractivity contribution < 1.29 is 4.79 Å². The highest BCUT2D eigenvalue weighted by atomic mass is 16.2. The van der Waals surface area contributed by atoms with Gasteiger partial charge in [0, 0.05) is 25.2 Å². The lowest BCUT2D eigenvalue weighted by molar-refractivity contribution is -0.133. The van der Waals surface area contributed by atoms with Crippen molar-refractivity contribution in [3.8, 4) is 0 Å². The topological polar surface area (TPSA) is 58.4 Å². The van der Waals surface area contributed by atoms with E-state index in [1.165, 1.54) is 12.8 Å². The Hall–Kier alpha value is -0.610. The van der Waals surface area contributed by atoms with E-state index < -0.39 is 0 Å². The van der Waals surface area contributed by atoms with Gasteiger partial charge >= 0.3 is 0 Å². The van der Waals surface area contributed by atoms with Crippen LogP contribution in [-0.2, 0) is 4.79 Å². The second-order valence-corrected chi connectivity index (χ2v) is 7.12. The average molecular weight is 281 g/mol. The number of nitrogens with zero attached hydrogens (tertiary/aromatic N) is 1. The van der Waals surface area contributed by atoms with Gasteiger partial charge in [0.05, 0.1) is 5.41 Å². The molecule has 4 heteroatoms. The minimum atomic E-state index is -0.301. The Bertz CT molecular complexity index is 333. The Balaban J connectivity index is 1.83. The van der Waals surface area contributed by atoms with Crippen LogP contribution in [0.2, 0.25) is 0 Å². The summed E-state index contributed by atoms with van der Waals surface area (Å²) < 4.78 is 0. The number of hydrogen-bond donors (Lipinski definition) is 2. The summed E-state index contributed by atoms with van der Waals surface area (Å²) in [6.07, 6.45) is 6.76. The highest BCUT2D eigenvalue weighted by Gasteiger charge is 2.40. The monoisotopic (exact) mass is 281 g/mol. The van der Waals surface area contributed by atoms with Gasteiger partial charge < -0.3 is 11.1 Å². The number of rotatable bonds is 6. The summed E-state index contributed by atoms with van der Waals surface area (Å²) in [4.78, 5) is 14.9. The molecule has 0 heterocycles. The molecule has 0 bridgehead atoms. The van der Waals surface area contributed by atoms with E-state index in [1.807, 2.05) is 0 Å². The first-order valence-corrected chi connectivity index (χ1v) is 8.19. The third-order valence-electron chi connectivity index (χ3n) is 5.48. The Kier molecular flexibility index (Phi) is 5.08. The summed E-state index contributed by atoms with van der Waals surface area (Å²) in [5.41, 5.74) is 5.64. The summed E-state index contributed by atoms with van der Waals surface area (Å²) >= 11 is 0. The molecule has 0 aromatic carbocycles. The van der Waals surface area contributed by atoms with Crippen LogP contribution in [0.3, 0.4) is 0 Å². The molecule has 20 heavy (non-hydrogen) atoms. The maximum absolute atomic E-state index is 12.6. The van der Waals surface area contributed by atoms with Crippen LogP contribution >= 0.6 is 0 Å². The molecule has 0 aromatic rings. The lowest BCUT2D eigenvalue weighted by atomic mass is 9.70. The lowest BCUT2D eigenvalue weighted by Gasteiger charge is -2.37. The van der Waals surface area contributed by atoms with E-state index in [4.69, 9.17) is 5.73 Å². The molecule has 2 rings (SSSR count). The Morgan fingerprint density at radius 3 is 2.45 bits per heavy atom. The van der Waals surface area contributed by atoms with Crippen molar-refractivity contribution in [1.29, 1.82) is 0 Å². The van der Waals surface area contributed by atoms with Gasteiger partial charge in [-0.3, -0.25) is 9.69 Å². The molecule has 0 aromatic heterocycles. The molecule has 2 fully saturated rings. The van der Waals surface area contributed by atoms with E-state index >= 15 is 0 Å². The van der Waals surface area contributed by atoms with Gasteiger partial charge in [0.25, 0.3) is 0 Å². The van der Waals surface area contributed by atoms with Crippen LogP contribution < -0.4 is 11.1 Å². The summed E-state index contributed by atoms with van der Waals surface area (Å²) in [6.45, 7) is 5.68. The minimum Gasteiger partial charge on any atom is -0.354 e. The molecule has 0 saturated heterocycles. The first-order valence-electron chi connectivity index (χ1n) is 8.19. The Morgan fingerprint density at radius 2 is 1.95 bits per heavy atom. The quantitative estimate of drug-likeness (QED) is 0.779. The van der Waals surface area contributed by atoms with Crippen LogP contribution in [-0.4, -0.2) is 43.0 Å². The number of nitrogens with one attached hydrogen (secondary N) is 1. The van der Waals surface area contributed by atoms with Crippen LogP contribution in [0.25, 0.3) is 0 Å². The molecular weight excluding hydrogens is 250 g/mol. The van der Waals surface area contributed by atoms with Crippen molar-refractivity contribution in [2.24, 2.45) is 17.1 Å². The number of likely N-dealkylation sites (N-methyl/N-ethyl adjacent to an activating group) is 1. The van der Waals surface area contributed by atoms with Gasteiger partial charge in [0.1, 0.15) is 0 Å². The molecular formula is C16H31N3O. The third-order valence-corrected chi connectivity index (χ3v) is 5.48.